The van der Waals surface area contributed by atoms with Crippen LogP contribution >= 0.6 is 0 Å². The van der Waals surface area contributed by atoms with Crippen molar-refractivity contribution in [1.29, 1.82) is 0 Å². The Kier molecular flexibility index (Phi) is 9.78. The van der Waals surface area contributed by atoms with Crippen LogP contribution in [0.25, 0.3) is 0 Å². The second-order valence-electron chi connectivity index (χ2n) is 13.3. The van der Waals surface area contributed by atoms with Gasteiger partial charge in [0.05, 0.1) is 6.04 Å². The highest BCUT2D eigenvalue weighted by Crippen LogP contribution is 2.36. The fraction of sp³-hybridized carbons (Fsp3) is 0.750. The molecule has 0 spiro atoms. The Hall–Kier alpha value is -2.91. The SMILES string of the molecule is C=C1C(C(C)C)CN(C(=O)[C@@H](NC(=O)NC(C)(C)C)C(C)(C)C)[C@@H]1C(=O)NC(CC1CCC1)C(=O)C(N)=O. The molecule has 2 fully saturated rings. The summed E-state index contributed by atoms with van der Waals surface area (Å²) in [4.78, 5) is 66.1. The Labute approximate surface area is 226 Å². The monoisotopic (exact) mass is 533 g/mol. The molecule has 0 radical (unpaired) electrons. The van der Waals surface area contributed by atoms with E-state index in [1.807, 2.05) is 55.4 Å². The van der Waals surface area contributed by atoms with E-state index in [4.69, 9.17) is 5.73 Å². The Morgan fingerprint density at radius 3 is 2.03 bits per heavy atom. The molecule has 2 rings (SSSR count). The molecule has 1 aliphatic heterocycles. The first-order valence-electron chi connectivity index (χ1n) is 13.5. The molecular formula is C28H47N5O5. The number of Topliss-reactive ketones (excluding diaryl/α,β-unsaturated/α-hetero) is 1. The number of hydrogen-bond donors (Lipinski definition) is 4. The molecule has 1 saturated heterocycles. The molecule has 5 amide bonds. The molecule has 2 aliphatic rings. The third-order valence-electron chi connectivity index (χ3n) is 7.42. The maximum absolute atomic E-state index is 14.0. The predicted octanol–water partition coefficient (Wildman–Crippen LogP) is 2.27. The van der Waals surface area contributed by atoms with Gasteiger partial charge in [-0.15, -0.1) is 0 Å². The van der Waals surface area contributed by atoms with Crippen LogP contribution in [0.3, 0.4) is 0 Å². The molecule has 10 heteroatoms. The minimum atomic E-state index is -1.10. The molecule has 1 heterocycles. The third kappa shape index (κ3) is 7.80. The van der Waals surface area contributed by atoms with E-state index < -0.39 is 58.6 Å². The number of hydrogen-bond acceptors (Lipinski definition) is 5. The van der Waals surface area contributed by atoms with Crippen molar-refractivity contribution in [1.82, 2.24) is 20.9 Å². The number of carbonyl (C=O) groups is 5. The van der Waals surface area contributed by atoms with Gasteiger partial charge in [0.2, 0.25) is 17.6 Å². The maximum Gasteiger partial charge on any atom is 0.315 e. The molecule has 2 unspecified atom stereocenters. The summed E-state index contributed by atoms with van der Waals surface area (Å²) in [6, 6.07) is -3.52. The van der Waals surface area contributed by atoms with E-state index in [0.717, 1.165) is 19.3 Å². The number of nitrogens with one attached hydrogen (secondary N) is 3. The number of amides is 5. The minimum Gasteiger partial charge on any atom is -0.363 e. The first-order valence-corrected chi connectivity index (χ1v) is 13.5. The van der Waals surface area contributed by atoms with Crippen molar-refractivity contribution in [3.63, 3.8) is 0 Å². The lowest BCUT2D eigenvalue weighted by Gasteiger charge is -2.36. The zero-order valence-electron chi connectivity index (χ0n) is 24.3. The first-order chi connectivity index (χ1) is 17.3. The number of urea groups is 1. The van der Waals surface area contributed by atoms with Gasteiger partial charge in [-0.05, 0) is 50.0 Å². The van der Waals surface area contributed by atoms with Crippen molar-refractivity contribution < 1.29 is 24.0 Å². The highest BCUT2D eigenvalue weighted by atomic mass is 16.2. The van der Waals surface area contributed by atoms with Gasteiger partial charge in [0.25, 0.3) is 5.91 Å². The van der Waals surface area contributed by atoms with Crippen molar-refractivity contribution >= 4 is 29.5 Å². The molecule has 4 atom stereocenters. The Morgan fingerprint density at radius 2 is 1.61 bits per heavy atom. The lowest BCUT2D eigenvalue weighted by molar-refractivity contribution is -0.143. The predicted molar refractivity (Wildman–Crippen MR) is 146 cm³/mol. The molecular weight excluding hydrogens is 486 g/mol. The van der Waals surface area contributed by atoms with Crippen LogP contribution in [0, 0.1) is 23.2 Å². The molecule has 38 heavy (non-hydrogen) atoms. The summed E-state index contributed by atoms with van der Waals surface area (Å²) in [6.07, 6.45) is 3.21. The fourth-order valence-corrected chi connectivity index (χ4v) is 5.04. The average Bonchev–Trinajstić information content (AvgIpc) is 3.07. The van der Waals surface area contributed by atoms with Crippen LogP contribution in [0.2, 0.25) is 0 Å². The molecule has 214 valence electrons. The molecule has 5 N–H and O–H groups in total. The van der Waals surface area contributed by atoms with Crippen molar-refractivity contribution in [2.45, 2.75) is 105 Å². The summed E-state index contributed by atoms with van der Waals surface area (Å²) >= 11 is 0. The van der Waals surface area contributed by atoms with Gasteiger partial charge in [-0.3, -0.25) is 19.2 Å². The number of rotatable bonds is 9. The van der Waals surface area contributed by atoms with Crippen LogP contribution < -0.4 is 21.7 Å². The summed E-state index contributed by atoms with van der Waals surface area (Å²) in [7, 11) is 0. The quantitative estimate of drug-likeness (QED) is 0.265. The Balaban J connectivity index is 2.37. The van der Waals surface area contributed by atoms with Crippen LogP contribution in [0.15, 0.2) is 12.2 Å². The number of nitrogens with zero attached hydrogens (tertiary/aromatic N) is 1. The van der Waals surface area contributed by atoms with Crippen molar-refractivity contribution in [3.8, 4) is 0 Å². The lowest BCUT2D eigenvalue weighted by Crippen LogP contribution is -2.61. The zero-order valence-corrected chi connectivity index (χ0v) is 24.3. The van der Waals surface area contributed by atoms with Crippen molar-refractivity contribution in [3.05, 3.63) is 12.2 Å². The highest BCUT2D eigenvalue weighted by molar-refractivity contribution is 6.37. The standard InChI is InChI=1S/C28H47N5O5/c1-15(2)18-14-33(25(37)22(27(4,5)6)31-26(38)32-28(7,8)9)20(16(18)3)24(36)30-19(21(34)23(29)35)13-17-11-10-12-17/h15,17-20,22H,3,10-14H2,1-2,4-9H3,(H2,29,35)(H,30,36)(H2,31,32,38)/t18?,19?,20-,22+/m0/s1. The third-order valence-corrected chi connectivity index (χ3v) is 7.42. The number of carbonyl (C=O) groups excluding carboxylic acids is 5. The van der Waals surface area contributed by atoms with Gasteiger partial charge >= 0.3 is 6.03 Å². The highest BCUT2D eigenvalue weighted by Gasteiger charge is 2.48. The van der Waals surface area contributed by atoms with Crippen LogP contribution in [0.1, 0.15) is 81.1 Å². The molecule has 0 bridgehead atoms. The van der Waals surface area contributed by atoms with E-state index >= 15 is 0 Å². The van der Waals surface area contributed by atoms with E-state index in [9.17, 15) is 24.0 Å². The van der Waals surface area contributed by atoms with Crippen LogP contribution in [0.4, 0.5) is 4.79 Å². The summed E-state index contributed by atoms with van der Waals surface area (Å²) in [5.41, 5.74) is 4.66. The molecule has 1 saturated carbocycles. The topological polar surface area (TPSA) is 151 Å². The average molecular weight is 534 g/mol. The second-order valence-corrected chi connectivity index (χ2v) is 13.3. The first kappa shape index (κ1) is 31.3. The summed E-state index contributed by atoms with van der Waals surface area (Å²) in [5.74, 6) is -2.77. The summed E-state index contributed by atoms with van der Waals surface area (Å²) in [5, 5.41) is 8.34. The summed E-state index contributed by atoms with van der Waals surface area (Å²) < 4.78 is 0. The number of likely N-dealkylation sites (tertiary alicyclic amines) is 1. The van der Waals surface area contributed by atoms with E-state index in [-0.39, 0.29) is 24.3 Å². The van der Waals surface area contributed by atoms with Gasteiger partial charge in [-0.25, -0.2) is 4.79 Å². The van der Waals surface area contributed by atoms with E-state index in [2.05, 4.69) is 22.5 Å². The zero-order chi connectivity index (χ0) is 29.2. The minimum absolute atomic E-state index is 0.0962. The van der Waals surface area contributed by atoms with Gasteiger partial charge in [0.15, 0.2) is 0 Å². The fourth-order valence-electron chi connectivity index (χ4n) is 5.04. The van der Waals surface area contributed by atoms with Gasteiger partial charge in [0, 0.05) is 18.0 Å². The Bertz CT molecular complexity index is 958. The van der Waals surface area contributed by atoms with E-state index in [0.29, 0.717) is 12.0 Å². The molecule has 0 aromatic carbocycles. The van der Waals surface area contributed by atoms with Gasteiger partial charge in [-0.1, -0.05) is 60.5 Å². The van der Waals surface area contributed by atoms with Crippen LogP contribution in [-0.2, 0) is 19.2 Å². The molecule has 0 aromatic heterocycles. The van der Waals surface area contributed by atoms with Gasteiger partial charge < -0.3 is 26.6 Å². The number of primary amides is 1. The lowest BCUT2D eigenvalue weighted by atomic mass is 9.80. The van der Waals surface area contributed by atoms with Gasteiger partial charge in [0.1, 0.15) is 12.1 Å². The Morgan fingerprint density at radius 1 is 1.03 bits per heavy atom. The van der Waals surface area contributed by atoms with Crippen molar-refractivity contribution in [2.24, 2.45) is 28.9 Å². The van der Waals surface area contributed by atoms with Crippen LogP contribution in [0.5, 0.6) is 0 Å². The van der Waals surface area contributed by atoms with Crippen LogP contribution in [-0.4, -0.2) is 64.6 Å². The van der Waals surface area contributed by atoms with Crippen molar-refractivity contribution in [2.75, 3.05) is 6.54 Å². The number of ketones is 1. The van der Waals surface area contributed by atoms with Gasteiger partial charge in [-0.2, -0.15) is 0 Å². The summed E-state index contributed by atoms with van der Waals surface area (Å²) in [6.45, 7) is 19.4. The normalized spacial score (nSPS) is 21.9. The van der Waals surface area contributed by atoms with E-state index in [1.54, 1.807) is 0 Å². The number of nitrogens with two attached hydrogens (primary N) is 1. The largest absolute Gasteiger partial charge is 0.363 e. The molecule has 0 aromatic rings. The smallest absolute Gasteiger partial charge is 0.315 e. The maximum atomic E-state index is 14.0. The molecule has 10 nitrogen and oxygen atoms in total. The second kappa shape index (κ2) is 11.9. The van der Waals surface area contributed by atoms with E-state index in [1.165, 1.54) is 4.90 Å². The molecule has 1 aliphatic carbocycles.